The van der Waals surface area contributed by atoms with E-state index in [9.17, 15) is 0 Å². The van der Waals surface area contributed by atoms with Crippen LogP contribution >= 0.6 is 0 Å². The molecule has 3 unspecified atom stereocenters. The molecule has 0 radical (unpaired) electrons. The van der Waals surface area contributed by atoms with Gasteiger partial charge in [-0.05, 0) is 53.7 Å². The highest BCUT2D eigenvalue weighted by atomic mass is 15.1. The van der Waals surface area contributed by atoms with Crippen molar-refractivity contribution in [3.63, 3.8) is 0 Å². The van der Waals surface area contributed by atoms with E-state index in [1.165, 1.54) is 28.8 Å². The van der Waals surface area contributed by atoms with Crippen molar-refractivity contribution in [2.24, 2.45) is 0 Å². The second-order valence-electron chi connectivity index (χ2n) is 8.46. The first-order valence-electron chi connectivity index (χ1n) is 11.3. The predicted molar refractivity (Wildman–Crippen MR) is 125 cm³/mol. The summed E-state index contributed by atoms with van der Waals surface area (Å²) in [6.45, 7) is 13.9. The summed E-state index contributed by atoms with van der Waals surface area (Å²) in [5.74, 6) is 2.60. The van der Waals surface area contributed by atoms with Gasteiger partial charge in [-0.3, -0.25) is 4.57 Å². The molecular formula is C27H36N2. The summed E-state index contributed by atoms with van der Waals surface area (Å²) in [7, 11) is 0. The quantitative estimate of drug-likeness (QED) is 0.381. The molecule has 0 bridgehead atoms. The van der Waals surface area contributed by atoms with Gasteiger partial charge in [-0.2, -0.15) is 0 Å². The van der Waals surface area contributed by atoms with Crippen LogP contribution < -0.4 is 0 Å². The zero-order valence-electron chi connectivity index (χ0n) is 18.9. The number of aromatic nitrogens is 2. The van der Waals surface area contributed by atoms with Crippen LogP contribution in [0.2, 0.25) is 0 Å². The van der Waals surface area contributed by atoms with Gasteiger partial charge in [0.2, 0.25) is 0 Å². The normalized spacial score (nSPS) is 14.6. The highest BCUT2D eigenvalue weighted by Crippen LogP contribution is 2.38. The summed E-state index contributed by atoms with van der Waals surface area (Å²) < 4.78 is 2.33. The van der Waals surface area contributed by atoms with Gasteiger partial charge in [-0.15, -0.1) is 0 Å². The molecular weight excluding hydrogens is 352 g/mol. The van der Waals surface area contributed by atoms with Crippen molar-refractivity contribution in [1.29, 1.82) is 0 Å². The van der Waals surface area contributed by atoms with Crippen LogP contribution in [-0.4, -0.2) is 9.55 Å². The third kappa shape index (κ3) is 4.32. The number of rotatable bonds is 8. The number of hydrogen-bond donors (Lipinski definition) is 0. The van der Waals surface area contributed by atoms with Gasteiger partial charge in [0.15, 0.2) is 0 Å². The van der Waals surface area contributed by atoms with E-state index in [0.717, 1.165) is 24.2 Å². The van der Waals surface area contributed by atoms with Gasteiger partial charge in [-0.25, -0.2) is 4.98 Å². The van der Waals surface area contributed by atoms with Crippen molar-refractivity contribution in [1.82, 2.24) is 9.55 Å². The first kappa shape index (κ1) is 21.4. The van der Waals surface area contributed by atoms with E-state index < -0.39 is 0 Å². The lowest BCUT2D eigenvalue weighted by Gasteiger charge is -2.26. The Morgan fingerprint density at radius 1 is 0.793 bits per heavy atom. The average Bonchev–Trinajstić information content (AvgIpc) is 3.26. The lowest BCUT2D eigenvalue weighted by molar-refractivity contribution is 0.681. The van der Waals surface area contributed by atoms with Crippen LogP contribution in [0.4, 0.5) is 0 Å². The van der Waals surface area contributed by atoms with Crippen LogP contribution in [0.25, 0.3) is 17.1 Å². The Balaban J connectivity index is 2.32. The topological polar surface area (TPSA) is 17.8 Å². The third-order valence-electron chi connectivity index (χ3n) is 6.57. The van der Waals surface area contributed by atoms with Crippen molar-refractivity contribution < 1.29 is 0 Å². The molecule has 1 heterocycles. The SMILES string of the molecule is CCC(C)c1cc(C(C)CC)c(-n2ccnc2-c2ccccc2)c(C(C)CC)c1. The van der Waals surface area contributed by atoms with Crippen LogP contribution in [0, 0.1) is 0 Å². The molecule has 29 heavy (non-hydrogen) atoms. The summed E-state index contributed by atoms with van der Waals surface area (Å²) in [5.41, 5.74) is 6.89. The van der Waals surface area contributed by atoms with Gasteiger partial charge in [0, 0.05) is 18.0 Å². The zero-order chi connectivity index (χ0) is 21.0. The number of imidazole rings is 1. The van der Waals surface area contributed by atoms with Crippen LogP contribution in [0.1, 0.15) is 95.2 Å². The fraction of sp³-hybridized carbons (Fsp3) is 0.444. The monoisotopic (exact) mass is 388 g/mol. The van der Waals surface area contributed by atoms with E-state index in [4.69, 9.17) is 4.98 Å². The Morgan fingerprint density at radius 2 is 1.34 bits per heavy atom. The van der Waals surface area contributed by atoms with E-state index in [2.05, 4.69) is 94.8 Å². The Bertz CT molecular complexity index is 892. The Hall–Kier alpha value is -2.35. The van der Waals surface area contributed by atoms with Crippen LogP contribution in [0.5, 0.6) is 0 Å². The minimum absolute atomic E-state index is 0.503. The lowest BCUT2D eigenvalue weighted by Crippen LogP contribution is -2.11. The molecule has 3 aromatic rings. The standard InChI is InChI=1S/C27H36N2/c1-7-19(4)23-17-24(20(5)8-2)26(25(18-23)21(6)9-3)29-16-15-28-27(29)22-13-11-10-12-14-22/h10-21H,7-9H2,1-6H3. The van der Waals surface area contributed by atoms with E-state index in [0.29, 0.717) is 17.8 Å². The summed E-state index contributed by atoms with van der Waals surface area (Å²) in [6, 6.07) is 15.5. The van der Waals surface area contributed by atoms with E-state index in [1.807, 2.05) is 6.20 Å². The second kappa shape index (κ2) is 9.43. The molecule has 0 fully saturated rings. The first-order chi connectivity index (χ1) is 14.0. The van der Waals surface area contributed by atoms with Crippen molar-refractivity contribution in [2.75, 3.05) is 0 Å². The lowest BCUT2D eigenvalue weighted by atomic mass is 9.84. The largest absolute Gasteiger partial charge is 0.299 e. The third-order valence-corrected chi connectivity index (χ3v) is 6.57. The number of nitrogens with zero attached hydrogens (tertiary/aromatic N) is 2. The van der Waals surface area contributed by atoms with Gasteiger partial charge >= 0.3 is 0 Å². The molecule has 0 saturated carbocycles. The molecule has 2 heteroatoms. The fourth-order valence-electron chi connectivity index (χ4n) is 3.98. The maximum absolute atomic E-state index is 4.75. The fourth-order valence-corrected chi connectivity index (χ4v) is 3.98. The van der Waals surface area contributed by atoms with Gasteiger partial charge in [0.1, 0.15) is 5.82 Å². The number of hydrogen-bond acceptors (Lipinski definition) is 1. The van der Waals surface area contributed by atoms with Crippen molar-refractivity contribution in [2.45, 2.75) is 78.6 Å². The van der Waals surface area contributed by atoms with Crippen LogP contribution in [-0.2, 0) is 0 Å². The molecule has 0 aliphatic carbocycles. The predicted octanol–water partition coefficient (Wildman–Crippen LogP) is 8.08. The van der Waals surface area contributed by atoms with Crippen molar-refractivity contribution >= 4 is 0 Å². The van der Waals surface area contributed by atoms with Crippen LogP contribution in [0.3, 0.4) is 0 Å². The molecule has 3 atom stereocenters. The Labute approximate surface area is 177 Å². The van der Waals surface area contributed by atoms with Crippen LogP contribution in [0.15, 0.2) is 54.9 Å². The smallest absolute Gasteiger partial charge is 0.144 e. The molecule has 0 aliphatic rings. The molecule has 2 aromatic carbocycles. The van der Waals surface area contributed by atoms with Crippen molar-refractivity contribution in [3.8, 4) is 17.1 Å². The zero-order valence-corrected chi connectivity index (χ0v) is 18.9. The Kier molecular flexibility index (Phi) is 6.95. The highest BCUT2D eigenvalue weighted by molar-refractivity contribution is 5.63. The average molecular weight is 389 g/mol. The molecule has 0 saturated heterocycles. The summed E-state index contributed by atoms with van der Waals surface area (Å²) in [4.78, 5) is 4.75. The molecule has 0 spiro atoms. The van der Waals surface area contributed by atoms with Gasteiger partial charge in [0.25, 0.3) is 0 Å². The molecule has 0 amide bonds. The molecule has 1 aromatic heterocycles. The van der Waals surface area contributed by atoms with E-state index >= 15 is 0 Å². The van der Waals surface area contributed by atoms with E-state index in [-0.39, 0.29) is 0 Å². The summed E-state index contributed by atoms with van der Waals surface area (Å²) in [5, 5.41) is 0. The highest BCUT2D eigenvalue weighted by Gasteiger charge is 2.22. The van der Waals surface area contributed by atoms with E-state index in [1.54, 1.807) is 0 Å². The summed E-state index contributed by atoms with van der Waals surface area (Å²) in [6.07, 6.45) is 7.50. The minimum Gasteiger partial charge on any atom is -0.299 e. The first-order valence-corrected chi connectivity index (χ1v) is 11.3. The molecule has 0 N–H and O–H groups in total. The van der Waals surface area contributed by atoms with Gasteiger partial charge < -0.3 is 0 Å². The summed E-state index contributed by atoms with van der Waals surface area (Å²) >= 11 is 0. The van der Waals surface area contributed by atoms with Crippen molar-refractivity contribution in [3.05, 3.63) is 71.5 Å². The maximum Gasteiger partial charge on any atom is 0.144 e. The Morgan fingerprint density at radius 3 is 1.86 bits per heavy atom. The minimum atomic E-state index is 0.503. The molecule has 2 nitrogen and oxygen atoms in total. The maximum atomic E-state index is 4.75. The second-order valence-corrected chi connectivity index (χ2v) is 8.46. The number of benzene rings is 2. The molecule has 3 rings (SSSR count). The van der Waals surface area contributed by atoms with Gasteiger partial charge in [0.05, 0.1) is 5.69 Å². The van der Waals surface area contributed by atoms with Gasteiger partial charge in [-0.1, -0.05) is 84.0 Å². The molecule has 0 aliphatic heterocycles. The molecule has 154 valence electrons.